The normalized spacial score (nSPS) is 12.0. The molecule has 1 heterocycles. The Morgan fingerprint density at radius 2 is 1.61 bits per heavy atom. The number of para-hydroxylation sites is 1. The van der Waals surface area contributed by atoms with Gasteiger partial charge in [0.05, 0.1) is 0 Å². The molecule has 86 valence electrons. The van der Waals surface area contributed by atoms with Gasteiger partial charge in [-0.15, -0.1) is 0 Å². The summed E-state index contributed by atoms with van der Waals surface area (Å²) in [5, 5.41) is 11.9. The first kappa shape index (κ1) is 9.54. The lowest BCUT2D eigenvalue weighted by molar-refractivity contribution is 0.474. The Hall–Kier alpha value is -2.48. The molecule has 1 aliphatic heterocycles. The number of hydrogen-bond acceptors (Lipinski definition) is 2. The van der Waals surface area contributed by atoms with E-state index in [1.165, 1.54) is 0 Å². The van der Waals surface area contributed by atoms with Crippen LogP contribution in [-0.4, -0.2) is 5.11 Å². The Kier molecular flexibility index (Phi) is 1.73. The van der Waals surface area contributed by atoms with Gasteiger partial charge in [-0.1, -0.05) is 30.3 Å². The zero-order valence-electron chi connectivity index (χ0n) is 9.55. The molecule has 1 N–H and O–H groups in total. The smallest absolute Gasteiger partial charge is 0.135 e. The summed E-state index contributed by atoms with van der Waals surface area (Å²) in [6.07, 6.45) is 0. The second-order valence-corrected chi connectivity index (χ2v) is 4.45. The Bertz CT molecular complexity index is 775. The summed E-state index contributed by atoms with van der Waals surface area (Å²) in [4.78, 5) is 0. The zero-order valence-corrected chi connectivity index (χ0v) is 9.55. The van der Waals surface area contributed by atoms with Gasteiger partial charge in [0, 0.05) is 16.5 Å². The molecule has 0 saturated carbocycles. The fourth-order valence-electron chi connectivity index (χ4n) is 2.57. The summed E-state index contributed by atoms with van der Waals surface area (Å²) in [7, 11) is 0. The molecule has 0 fully saturated rings. The Balaban J connectivity index is 2.22. The summed E-state index contributed by atoms with van der Waals surface area (Å²) in [5.74, 6) is 1.97. The van der Waals surface area contributed by atoms with Crippen LogP contribution >= 0.6 is 0 Å². The molecule has 4 rings (SSSR count). The number of fused-ring (bicyclic) bond motifs is 2. The van der Waals surface area contributed by atoms with Crippen LogP contribution in [0.4, 0.5) is 0 Å². The monoisotopic (exact) mass is 234 g/mol. The third-order valence-corrected chi connectivity index (χ3v) is 3.32. The van der Waals surface area contributed by atoms with Gasteiger partial charge in [0.25, 0.3) is 0 Å². The van der Waals surface area contributed by atoms with E-state index in [1.807, 2.05) is 42.5 Å². The van der Waals surface area contributed by atoms with E-state index in [1.54, 1.807) is 12.1 Å². The van der Waals surface area contributed by atoms with E-state index in [-0.39, 0.29) is 5.75 Å². The fraction of sp³-hybridized carbons (Fsp3) is 0. The largest absolute Gasteiger partial charge is 0.508 e. The lowest BCUT2D eigenvalue weighted by atomic mass is 9.94. The number of phenolic OH excluding ortho intramolecular Hbond substituents is 1. The van der Waals surface area contributed by atoms with E-state index in [4.69, 9.17) is 4.74 Å². The third kappa shape index (κ3) is 1.17. The van der Waals surface area contributed by atoms with Gasteiger partial charge in [0.15, 0.2) is 0 Å². The van der Waals surface area contributed by atoms with Crippen LogP contribution in [0.25, 0.3) is 21.9 Å². The van der Waals surface area contributed by atoms with Gasteiger partial charge in [-0.05, 0) is 29.7 Å². The minimum absolute atomic E-state index is 0.284. The van der Waals surface area contributed by atoms with Gasteiger partial charge in [-0.3, -0.25) is 0 Å². The topological polar surface area (TPSA) is 29.5 Å². The molecule has 0 atom stereocenters. The van der Waals surface area contributed by atoms with Crippen LogP contribution in [0, 0.1) is 0 Å². The van der Waals surface area contributed by atoms with E-state index in [9.17, 15) is 5.11 Å². The van der Waals surface area contributed by atoms with Crippen LogP contribution in [0.3, 0.4) is 0 Å². The fourth-order valence-corrected chi connectivity index (χ4v) is 2.57. The predicted octanol–water partition coefficient (Wildman–Crippen LogP) is 4.32. The molecule has 0 spiro atoms. The highest BCUT2D eigenvalue weighted by molar-refractivity contribution is 6.04. The molecule has 2 nitrogen and oxygen atoms in total. The summed E-state index contributed by atoms with van der Waals surface area (Å²) in [6.45, 7) is 0. The maximum absolute atomic E-state index is 9.84. The highest BCUT2D eigenvalue weighted by Crippen LogP contribution is 2.47. The van der Waals surface area contributed by atoms with E-state index in [2.05, 4.69) is 0 Å². The number of ether oxygens (including phenoxy) is 1. The highest BCUT2D eigenvalue weighted by Gasteiger charge is 2.19. The van der Waals surface area contributed by atoms with Crippen molar-refractivity contribution in [3.8, 4) is 28.4 Å². The summed E-state index contributed by atoms with van der Waals surface area (Å²) < 4.78 is 5.91. The van der Waals surface area contributed by atoms with E-state index < -0.39 is 0 Å². The maximum atomic E-state index is 9.84. The number of phenols is 1. The van der Waals surface area contributed by atoms with Crippen LogP contribution in [0.15, 0.2) is 54.6 Å². The van der Waals surface area contributed by atoms with Gasteiger partial charge >= 0.3 is 0 Å². The Labute approximate surface area is 104 Å². The standard InChI is InChI=1S/C16H10O2/c17-11-8-10-4-3-7-15-16(10)13(9-11)12-5-1-2-6-14(12)18-15/h1-9,17H. The molecule has 0 saturated heterocycles. The van der Waals surface area contributed by atoms with Crippen LogP contribution in [0.1, 0.15) is 0 Å². The minimum atomic E-state index is 0.284. The predicted molar refractivity (Wildman–Crippen MR) is 71.1 cm³/mol. The first-order chi connectivity index (χ1) is 8.83. The van der Waals surface area contributed by atoms with Crippen molar-refractivity contribution in [3.05, 3.63) is 54.6 Å². The average Bonchev–Trinajstić information content (AvgIpc) is 2.38. The second kappa shape index (κ2) is 3.26. The van der Waals surface area contributed by atoms with Gasteiger partial charge < -0.3 is 9.84 Å². The Morgan fingerprint density at radius 1 is 0.778 bits per heavy atom. The number of aromatic hydroxyl groups is 1. The third-order valence-electron chi connectivity index (χ3n) is 3.32. The SMILES string of the molecule is Oc1cc2c3c(cccc3c1)Oc1ccccc1-2. The van der Waals surface area contributed by atoms with Crippen LogP contribution < -0.4 is 4.74 Å². The molecule has 2 heteroatoms. The van der Waals surface area contributed by atoms with Gasteiger partial charge in [-0.25, -0.2) is 0 Å². The van der Waals surface area contributed by atoms with Crippen molar-refractivity contribution in [1.29, 1.82) is 0 Å². The molecule has 3 aromatic carbocycles. The molecule has 0 aromatic heterocycles. The van der Waals surface area contributed by atoms with Crippen molar-refractivity contribution in [2.24, 2.45) is 0 Å². The second-order valence-electron chi connectivity index (χ2n) is 4.45. The molecule has 0 bridgehead atoms. The molecule has 18 heavy (non-hydrogen) atoms. The van der Waals surface area contributed by atoms with Gasteiger partial charge in [0.2, 0.25) is 0 Å². The van der Waals surface area contributed by atoms with E-state index >= 15 is 0 Å². The van der Waals surface area contributed by atoms with Crippen LogP contribution in [0.2, 0.25) is 0 Å². The molecule has 0 radical (unpaired) electrons. The van der Waals surface area contributed by atoms with E-state index in [0.717, 1.165) is 33.4 Å². The van der Waals surface area contributed by atoms with Gasteiger partial charge in [0.1, 0.15) is 17.2 Å². The zero-order chi connectivity index (χ0) is 12.1. The van der Waals surface area contributed by atoms with Crippen molar-refractivity contribution >= 4 is 10.8 Å². The lowest BCUT2D eigenvalue weighted by Crippen LogP contribution is -1.96. The lowest BCUT2D eigenvalue weighted by Gasteiger charge is -2.21. The quantitative estimate of drug-likeness (QED) is 0.491. The highest BCUT2D eigenvalue weighted by atomic mass is 16.5. The molecule has 0 aliphatic carbocycles. The molecular weight excluding hydrogens is 224 g/mol. The van der Waals surface area contributed by atoms with Crippen molar-refractivity contribution in [2.75, 3.05) is 0 Å². The van der Waals surface area contributed by atoms with Crippen LogP contribution in [-0.2, 0) is 0 Å². The van der Waals surface area contributed by atoms with Crippen LogP contribution in [0.5, 0.6) is 17.2 Å². The number of rotatable bonds is 0. The van der Waals surface area contributed by atoms with Gasteiger partial charge in [-0.2, -0.15) is 0 Å². The minimum Gasteiger partial charge on any atom is -0.508 e. The first-order valence-electron chi connectivity index (χ1n) is 5.86. The molecular formula is C16H10O2. The van der Waals surface area contributed by atoms with Crippen molar-refractivity contribution in [2.45, 2.75) is 0 Å². The van der Waals surface area contributed by atoms with E-state index in [0.29, 0.717) is 0 Å². The maximum Gasteiger partial charge on any atom is 0.135 e. The first-order valence-corrected chi connectivity index (χ1v) is 5.86. The number of hydrogen-bond donors (Lipinski definition) is 1. The van der Waals surface area contributed by atoms with Crippen molar-refractivity contribution in [3.63, 3.8) is 0 Å². The molecule has 3 aromatic rings. The number of benzene rings is 3. The molecule has 1 aliphatic rings. The summed E-state index contributed by atoms with van der Waals surface area (Å²) in [5.41, 5.74) is 2.06. The average molecular weight is 234 g/mol. The van der Waals surface area contributed by atoms with Crippen molar-refractivity contribution < 1.29 is 9.84 Å². The molecule has 0 unspecified atom stereocenters. The Morgan fingerprint density at radius 3 is 2.56 bits per heavy atom. The summed E-state index contributed by atoms with van der Waals surface area (Å²) in [6, 6.07) is 17.3. The summed E-state index contributed by atoms with van der Waals surface area (Å²) >= 11 is 0. The van der Waals surface area contributed by atoms with Crippen molar-refractivity contribution in [1.82, 2.24) is 0 Å². The molecule has 0 amide bonds.